The first-order valence-electron chi connectivity index (χ1n) is 24.7. The highest BCUT2D eigenvalue weighted by Gasteiger charge is 2.23. The maximum absolute atomic E-state index is 2.48. The molecule has 15 aromatic carbocycles. The normalized spacial score (nSPS) is 12.2. The molecule has 0 radical (unpaired) electrons. The van der Waals surface area contributed by atoms with Crippen molar-refractivity contribution in [1.29, 1.82) is 0 Å². The van der Waals surface area contributed by atoms with E-state index in [0.717, 1.165) is 0 Å². The van der Waals surface area contributed by atoms with E-state index in [2.05, 4.69) is 243 Å². The second-order valence-electron chi connectivity index (χ2n) is 19.3. The van der Waals surface area contributed by atoms with E-state index in [0.29, 0.717) is 0 Å². The molecule has 0 spiro atoms. The predicted octanol–water partition coefficient (Wildman–Crippen LogP) is 20.6. The molecule has 0 aliphatic rings. The zero-order chi connectivity index (χ0) is 46.3. The lowest BCUT2D eigenvalue weighted by atomic mass is 9.80. The van der Waals surface area contributed by atoms with Crippen molar-refractivity contribution in [2.45, 2.75) is 0 Å². The Balaban J connectivity index is 0.954. The van der Waals surface area contributed by atoms with Gasteiger partial charge < -0.3 is 0 Å². The smallest absolute Gasteiger partial charge is 0.0362 e. The van der Waals surface area contributed by atoms with Crippen LogP contribution in [0, 0.1) is 0 Å². The van der Waals surface area contributed by atoms with Crippen LogP contribution < -0.4 is 0 Å². The topological polar surface area (TPSA) is 0 Å². The van der Waals surface area contributed by atoms with Gasteiger partial charge in [-0.25, -0.2) is 0 Å². The molecule has 0 aliphatic carbocycles. The minimum Gasteiger partial charge on any atom is -0.135 e. The molecule has 326 valence electrons. The zero-order valence-corrected chi connectivity index (χ0v) is 39.3. The predicted molar refractivity (Wildman–Crippen MR) is 311 cm³/mol. The Morgan fingerprint density at radius 2 is 0.408 bits per heavy atom. The summed E-state index contributed by atoms with van der Waals surface area (Å²) in [4.78, 5) is 0. The summed E-state index contributed by atoms with van der Waals surface area (Å²) in [5.41, 5.74) is 7.58. The van der Waals surface area contributed by atoms with Crippen molar-refractivity contribution in [1.82, 2.24) is 0 Å². The first-order valence-corrected chi connectivity index (χ1v) is 25.5. The maximum atomic E-state index is 2.48. The third-order valence-corrected chi connectivity index (χ3v) is 16.9. The lowest BCUT2D eigenvalue weighted by molar-refractivity contribution is 1.69. The van der Waals surface area contributed by atoms with E-state index in [1.807, 2.05) is 11.3 Å². The molecule has 71 heavy (non-hydrogen) atoms. The van der Waals surface area contributed by atoms with Gasteiger partial charge in [0.15, 0.2) is 0 Å². The molecular formula is C70H40S. The van der Waals surface area contributed by atoms with Crippen LogP contribution in [0.5, 0.6) is 0 Å². The molecule has 0 saturated carbocycles. The van der Waals surface area contributed by atoms with Crippen LogP contribution in [0.4, 0.5) is 0 Å². The summed E-state index contributed by atoms with van der Waals surface area (Å²) < 4.78 is 2.63. The lowest BCUT2D eigenvalue weighted by Gasteiger charge is -2.22. The molecule has 0 atom stereocenters. The molecule has 0 N–H and O–H groups in total. The minimum absolute atomic E-state index is 1.23. The van der Waals surface area contributed by atoms with Crippen molar-refractivity contribution >= 4 is 139 Å². The van der Waals surface area contributed by atoms with Gasteiger partial charge in [0.25, 0.3) is 0 Å². The number of hydrogen-bond donors (Lipinski definition) is 0. The van der Waals surface area contributed by atoms with E-state index in [9.17, 15) is 0 Å². The number of thiophene rings is 1. The molecule has 1 heterocycles. The average molecular weight is 913 g/mol. The third-order valence-electron chi connectivity index (χ3n) is 15.8. The number of hydrogen-bond acceptors (Lipinski definition) is 1. The third kappa shape index (κ3) is 5.50. The van der Waals surface area contributed by atoms with Gasteiger partial charge in [-0.2, -0.15) is 0 Å². The standard InChI is InChI=1S/C70H40S/c1-2-21-47-43(17-1)44-18-3-6-22-48(44)60-37-41(33-35-51(47)60)67-52-25-9-13-29-56(52)69(57-30-14-10-26-53(57)67)70-58-31-15-11-27-54(58)68(55-28-12-16-32-59(55)70)42-34-36-65-63(38-42)64-39-61-49-23-7-4-19-45(49)46-20-5-8-24-50(46)62(61)40-66(64)71-65/h1-40H. The van der Waals surface area contributed by atoms with E-state index < -0.39 is 0 Å². The molecule has 0 nitrogen and oxygen atoms in total. The second-order valence-corrected chi connectivity index (χ2v) is 20.4. The van der Waals surface area contributed by atoms with Crippen LogP contribution in [0.1, 0.15) is 0 Å². The first-order chi connectivity index (χ1) is 35.2. The fourth-order valence-electron chi connectivity index (χ4n) is 12.8. The van der Waals surface area contributed by atoms with E-state index in [1.165, 1.54) is 161 Å². The summed E-state index contributed by atoms with van der Waals surface area (Å²) in [6.07, 6.45) is 0. The van der Waals surface area contributed by atoms with E-state index in [4.69, 9.17) is 0 Å². The molecule has 1 heteroatoms. The van der Waals surface area contributed by atoms with Crippen molar-refractivity contribution < 1.29 is 0 Å². The number of fused-ring (bicyclic) bond motifs is 19. The summed E-state index contributed by atoms with van der Waals surface area (Å²) in [7, 11) is 0. The van der Waals surface area contributed by atoms with Crippen LogP contribution in [0.25, 0.3) is 161 Å². The summed E-state index contributed by atoms with van der Waals surface area (Å²) in [6.45, 7) is 0. The van der Waals surface area contributed by atoms with Crippen LogP contribution >= 0.6 is 11.3 Å². The molecule has 0 amide bonds. The minimum atomic E-state index is 1.23. The van der Waals surface area contributed by atoms with Gasteiger partial charge in [-0.05, 0) is 171 Å². The largest absolute Gasteiger partial charge is 0.135 e. The van der Waals surface area contributed by atoms with Crippen LogP contribution in [-0.4, -0.2) is 0 Å². The monoisotopic (exact) mass is 912 g/mol. The van der Waals surface area contributed by atoms with Crippen LogP contribution in [0.2, 0.25) is 0 Å². The van der Waals surface area contributed by atoms with Gasteiger partial charge in [0.05, 0.1) is 0 Å². The summed E-state index contributed by atoms with van der Waals surface area (Å²) in [5, 5.41) is 28.3. The molecule has 16 rings (SSSR count). The molecule has 1 aromatic heterocycles. The number of rotatable bonds is 3. The average Bonchev–Trinajstić information content (AvgIpc) is 3.80. The molecule has 0 aliphatic heterocycles. The van der Waals surface area contributed by atoms with Crippen molar-refractivity contribution in [2.75, 3.05) is 0 Å². The van der Waals surface area contributed by atoms with E-state index >= 15 is 0 Å². The molecule has 0 fully saturated rings. The Bertz CT molecular complexity index is 4840. The van der Waals surface area contributed by atoms with Gasteiger partial charge in [-0.3, -0.25) is 0 Å². The Morgan fingerprint density at radius 3 is 0.789 bits per heavy atom. The van der Waals surface area contributed by atoms with Gasteiger partial charge in [-0.1, -0.05) is 212 Å². The second kappa shape index (κ2) is 14.8. The van der Waals surface area contributed by atoms with Gasteiger partial charge in [0.1, 0.15) is 0 Å². The highest BCUT2D eigenvalue weighted by Crippen LogP contribution is 2.52. The lowest BCUT2D eigenvalue weighted by Crippen LogP contribution is -1.94. The molecule has 0 bridgehead atoms. The van der Waals surface area contributed by atoms with Gasteiger partial charge in [0, 0.05) is 20.2 Å². The zero-order valence-electron chi connectivity index (χ0n) is 38.5. The van der Waals surface area contributed by atoms with Crippen LogP contribution in [0.15, 0.2) is 243 Å². The van der Waals surface area contributed by atoms with E-state index in [1.54, 1.807) is 0 Å². The van der Waals surface area contributed by atoms with Crippen molar-refractivity contribution in [3.8, 4) is 33.4 Å². The number of benzene rings is 15. The first kappa shape index (κ1) is 39.0. The van der Waals surface area contributed by atoms with Crippen molar-refractivity contribution in [3.63, 3.8) is 0 Å². The fraction of sp³-hybridized carbons (Fsp3) is 0. The molecule has 16 aromatic rings. The summed E-state index contributed by atoms with van der Waals surface area (Å²) in [6, 6.07) is 91.5. The van der Waals surface area contributed by atoms with Crippen molar-refractivity contribution in [2.24, 2.45) is 0 Å². The van der Waals surface area contributed by atoms with Gasteiger partial charge in [0.2, 0.25) is 0 Å². The highest BCUT2D eigenvalue weighted by atomic mass is 32.1. The SMILES string of the molecule is c1ccc2c(-c3c4ccccc4c(-c4ccc5c6ccccc6c6ccccc6c5c4)c4ccccc34)c3ccccc3c(-c3ccc4sc5cc6c7ccccc7c7ccccc7c6cc5c4c3)c2c1. The Kier molecular flexibility index (Phi) is 8.14. The molecule has 0 unspecified atom stereocenters. The van der Waals surface area contributed by atoms with E-state index in [-0.39, 0.29) is 0 Å². The van der Waals surface area contributed by atoms with Crippen molar-refractivity contribution in [3.05, 3.63) is 243 Å². The maximum Gasteiger partial charge on any atom is 0.0362 e. The quantitative estimate of drug-likeness (QED) is 0.122. The summed E-state index contributed by atoms with van der Waals surface area (Å²) in [5.74, 6) is 0. The Labute approximate surface area is 412 Å². The Morgan fingerprint density at radius 1 is 0.155 bits per heavy atom. The highest BCUT2D eigenvalue weighted by molar-refractivity contribution is 7.26. The fourth-order valence-corrected chi connectivity index (χ4v) is 13.9. The Hall–Kier alpha value is -8.88. The van der Waals surface area contributed by atoms with Crippen LogP contribution in [0.3, 0.4) is 0 Å². The molecule has 0 saturated heterocycles. The molecular weight excluding hydrogens is 873 g/mol. The van der Waals surface area contributed by atoms with Crippen LogP contribution in [-0.2, 0) is 0 Å². The summed E-state index contributed by atoms with van der Waals surface area (Å²) >= 11 is 1.90. The van der Waals surface area contributed by atoms with Gasteiger partial charge >= 0.3 is 0 Å². The van der Waals surface area contributed by atoms with Gasteiger partial charge in [-0.15, -0.1) is 11.3 Å².